The number of nitrogens with zero attached hydrogens (tertiary/aromatic N) is 1. The highest BCUT2D eigenvalue weighted by Crippen LogP contribution is 2.34. The van der Waals surface area contributed by atoms with Gasteiger partial charge in [0, 0.05) is 18.0 Å². The Morgan fingerprint density at radius 2 is 1.86 bits per heavy atom. The maximum Gasteiger partial charge on any atom is 0.309 e. The van der Waals surface area contributed by atoms with Gasteiger partial charge in [0.25, 0.3) is 0 Å². The zero-order chi connectivity index (χ0) is 21.7. The topological polar surface area (TPSA) is 96.7 Å². The smallest absolute Gasteiger partial charge is 0.309 e. The second-order valence-corrected chi connectivity index (χ2v) is 8.38. The molecule has 0 amide bonds. The van der Waals surface area contributed by atoms with Gasteiger partial charge in [0.1, 0.15) is 11.9 Å². The summed E-state index contributed by atoms with van der Waals surface area (Å²) in [6.07, 6.45) is 0.702. The van der Waals surface area contributed by atoms with Gasteiger partial charge in [0.2, 0.25) is 0 Å². The first-order valence-corrected chi connectivity index (χ1v) is 10.3. The minimum Gasteiger partial charge on any atom is -0.458 e. The number of Topliss-reactive ketones (excluding diaryl/α,β-unsaturated/α-hetero) is 1. The molecule has 0 saturated carbocycles. The average Bonchev–Trinajstić information content (AvgIpc) is 3.06. The molecule has 5 atom stereocenters. The fraction of sp³-hybridized carbons (Fsp3) is 0.609. The third kappa shape index (κ3) is 5.73. The van der Waals surface area contributed by atoms with E-state index in [-0.39, 0.29) is 24.2 Å². The Morgan fingerprint density at radius 3 is 2.45 bits per heavy atom. The molecule has 0 bridgehead atoms. The maximum atomic E-state index is 12.5. The van der Waals surface area contributed by atoms with E-state index in [4.69, 9.17) is 4.74 Å². The van der Waals surface area contributed by atoms with Crippen LogP contribution in [0.5, 0.6) is 0 Å². The van der Waals surface area contributed by atoms with Crippen LogP contribution in [0.4, 0.5) is 0 Å². The Bertz CT molecular complexity index is 743. The highest BCUT2D eigenvalue weighted by atomic mass is 16.5. The molecule has 6 nitrogen and oxygen atoms in total. The van der Waals surface area contributed by atoms with E-state index in [1.165, 1.54) is 0 Å². The van der Waals surface area contributed by atoms with E-state index < -0.39 is 30.0 Å². The van der Waals surface area contributed by atoms with Crippen LogP contribution in [-0.2, 0) is 14.3 Å². The molecule has 1 aliphatic rings. The summed E-state index contributed by atoms with van der Waals surface area (Å²) >= 11 is 0. The van der Waals surface area contributed by atoms with Crippen molar-refractivity contribution in [2.45, 2.75) is 72.2 Å². The van der Waals surface area contributed by atoms with E-state index in [9.17, 15) is 19.8 Å². The van der Waals surface area contributed by atoms with Gasteiger partial charge in [-0.3, -0.25) is 14.6 Å². The Morgan fingerprint density at radius 1 is 1.17 bits per heavy atom. The number of aliphatic hydroxyl groups is 2. The first-order chi connectivity index (χ1) is 13.6. The van der Waals surface area contributed by atoms with Gasteiger partial charge in [-0.25, -0.2) is 0 Å². The number of pyridine rings is 1. The molecule has 0 aliphatic heterocycles. The van der Waals surface area contributed by atoms with Gasteiger partial charge in [0.15, 0.2) is 0 Å². The number of allylic oxidation sites excluding steroid dienone is 1. The van der Waals surface area contributed by atoms with Gasteiger partial charge in [-0.15, -0.1) is 0 Å². The van der Waals surface area contributed by atoms with Gasteiger partial charge in [0.05, 0.1) is 24.3 Å². The van der Waals surface area contributed by atoms with Crippen LogP contribution in [0.3, 0.4) is 0 Å². The van der Waals surface area contributed by atoms with Crippen molar-refractivity contribution in [3.63, 3.8) is 0 Å². The van der Waals surface area contributed by atoms with Gasteiger partial charge < -0.3 is 14.9 Å². The van der Waals surface area contributed by atoms with Gasteiger partial charge in [-0.1, -0.05) is 33.8 Å². The lowest BCUT2D eigenvalue weighted by Crippen LogP contribution is -2.38. The lowest BCUT2D eigenvalue weighted by Gasteiger charge is -2.26. The number of aromatic nitrogens is 1. The van der Waals surface area contributed by atoms with Crippen molar-refractivity contribution in [3.05, 3.63) is 35.7 Å². The maximum absolute atomic E-state index is 12.5. The number of esters is 1. The number of aliphatic hydroxyl groups excluding tert-OH is 2. The monoisotopic (exact) mass is 403 g/mol. The highest BCUT2D eigenvalue weighted by Gasteiger charge is 2.33. The predicted octanol–water partition coefficient (Wildman–Crippen LogP) is 3.17. The third-order valence-corrected chi connectivity index (χ3v) is 5.91. The number of carbonyl (C=O) groups is 2. The third-order valence-electron chi connectivity index (χ3n) is 5.91. The molecule has 1 heterocycles. The molecular formula is C23H33NO5. The molecule has 0 fully saturated rings. The van der Waals surface area contributed by atoms with Gasteiger partial charge in [-0.2, -0.15) is 0 Å². The van der Waals surface area contributed by atoms with Crippen molar-refractivity contribution in [2.24, 2.45) is 17.8 Å². The van der Waals surface area contributed by atoms with E-state index >= 15 is 0 Å². The molecule has 1 aliphatic carbocycles. The van der Waals surface area contributed by atoms with E-state index in [1.54, 1.807) is 20.0 Å². The molecule has 0 radical (unpaired) electrons. The fourth-order valence-corrected chi connectivity index (χ4v) is 3.81. The van der Waals surface area contributed by atoms with Crippen LogP contribution >= 0.6 is 0 Å². The van der Waals surface area contributed by atoms with Crippen LogP contribution < -0.4 is 0 Å². The normalized spacial score (nSPS) is 21.0. The molecule has 6 heteroatoms. The SMILES string of the molecule is CC1=C(c2ccccn2)CC[C@@H]1OC(=O)C[C@H](O)[C@H](C)C(=O)[C@@H](C)[C@H](O)C(C)C. The summed E-state index contributed by atoms with van der Waals surface area (Å²) in [7, 11) is 0. The standard InChI is InChI=1S/C23H33NO5/c1-13(2)22(27)16(5)23(28)15(4)19(25)12-21(26)29-20-10-9-17(14(20)3)18-8-6-7-11-24-18/h6-8,11,13,15-16,19-20,22,25,27H,9-10,12H2,1-5H3/t15-,16-,19-,20-,22+/m0/s1. The zero-order valence-electron chi connectivity index (χ0n) is 18.0. The number of rotatable bonds is 9. The van der Waals surface area contributed by atoms with Crippen LogP contribution in [0.15, 0.2) is 30.0 Å². The van der Waals surface area contributed by atoms with Crippen molar-refractivity contribution in [1.29, 1.82) is 0 Å². The Kier molecular flexibility index (Phi) is 8.11. The summed E-state index contributed by atoms with van der Waals surface area (Å²) in [5.74, 6) is -2.19. The second kappa shape index (κ2) is 10.1. The van der Waals surface area contributed by atoms with Crippen molar-refractivity contribution >= 4 is 17.3 Å². The summed E-state index contributed by atoms with van der Waals surface area (Å²) in [5, 5.41) is 20.5. The first kappa shape index (κ1) is 23.2. The van der Waals surface area contributed by atoms with Crippen LogP contribution in [-0.4, -0.2) is 45.3 Å². The predicted molar refractivity (Wildman–Crippen MR) is 111 cm³/mol. The molecule has 0 saturated heterocycles. The Hall–Kier alpha value is -2.05. The molecule has 2 rings (SSSR count). The van der Waals surface area contributed by atoms with E-state index in [2.05, 4.69) is 4.98 Å². The molecule has 2 N–H and O–H groups in total. The van der Waals surface area contributed by atoms with Crippen LogP contribution in [0.2, 0.25) is 0 Å². The van der Waals surface area contributed by atoms with Crippen molar-refractivity contribution < 1.29 is 24.5 Å². The Labute approximate surface area is 173 Å². The average molecular weight is 404 g/mol. The van der Waals surface area contributed by atoms with Gasteiger partial charge >= 0.3 is 5.97 Å². The minimum absolute atomic E-state index is 0.0614. The summed E-state index contributed by atoms with van der Waals surface area (Å²) in [4.78, 5) is 29.2. The molecule has 0 aromatic carbocycles. The molecule has 160 valence electrons. The minimum atomic E-state index is -1.14. The molecule has 0 unspecified atom stereocenters. The fourth-order valence-electron chi connectivity index (χ4n) is 3.81. The van der Waals surface area contributed by atoms with E-state index in [1.807, 2.05) is 39.0 Å². The van der Waals surface area contributed by atoms with Crippen molar-refractivity contribution in [2.75, 3.05) is 0 Å². The molecule has 1 aromatic heterocycles. The summed E-state index contributed by atoms with van der Waals surface area (Å²) in [6.45, 7) is 8.85. The lowest BCUT2D eigenvalue weighted by atomic mass is 9.83. The molecular weight excluding hydrogens is 370 g/mol. The van der Waals surface area contributed by atoms with Crippen molar-refractivity contribution in [3.8, 4) is 0 Å². The van der Waals surface area contributed by atoms with Crippen molar-refractivity contribution in [1.82, 2.24) is 4.98 Å². The quantitative estimate of drug-likeness (QED) is 0.615. The number of ketones is 1. The number of hydrogen-bond donors (Lipinski definition) is 2. The number of hydrogen-bond acceptors (Lipinski definition) is 6. The van der Waals surface area contributed by atoms with E-state index in [0.717, 1.165) is 23.3 Å². The summed E-state index contributed by atoms with van der Waals surface area (Å²) in [5.41, 5.74) is 2.95. The molecule has 29 heavy (non-hydrogen) atoms. The lowest BCUT2D eigenvalue weighted by molar-refractivity contribution is -0.151. The zero-order valence-corrected chi connectivity index (χ0v) is 18.0. The molecule has 1 aromatic rings. The van der Waals surface area contributed by atoms with Crippen LogP contribution in [0, 0.1) is 17.8 Å². The number of carbonyl (C=O) groups excluding carboxylic acids is 2. The first-order valence-electron chi connectivity index (χ1n) is 10.3. The largest absolute Gasteiger partial charge is 0.458 e. The second-order valence-electron chi connectivity index (χ2n) is 8.38. The molecule has 0 spiro atoms. The number of ether oxygens (including phenoxy) is 1. The summed E-state index contributed by atoms with van der Waals surface area (Å²) in [6, 6.07) is 5.72. The highest BCUT2D eigenvalue weighted by molar-refractivity contribution is 5.84. The van der Waals surface area contributed by atoms with Crippen LogP contribution in [0.1, 0.15) is 59.6 Å². The van der Waals surface area contributed by atoms with Crippen LogP contribution in [0.25, 0.3) is 5.57 Å². The Balaban J connectivity index is 1.93. The summed E-state index contributed by atoms with van der Waals surface area (Å²) < 4.78 is 5.58. The van der Waals surface area contributed by atoms with Gasteiger partial charge in [-0.05, 0) is 49.0 Å². The van der Waals surface area contributed by atoms with E-state index in [0.29, 0.717) is 6.42 Å².